The normalized spacial score (nSPS) is 9.31. The third-order valence-electron chi connectivity index (χ3n) is 1.25. The highest BCUT2D eigenvalue weighted by Gasteiger charge is 2.11. The molecule has 1 N–H and O–H groups in total. The molecule has 0 atom stereocenters. The number of rotatable bonds is 2. The topological polar surface area (TPSA) is 76.5 Å². The second-order valence-corrected chi connectivity index (χ2v) is 2.40. The Labute approximate surface area is 81.8 Å². The second-order valence-electron chi connectivity index (χ2n) is 2.08. The van der Waals surface area contributed by atoms with Crippen molar-refractivity contribution in [3.63, 3.8) is 0 Å². The van der Waals surface area contributed by atoms with Gasteiger partial charge in [-0.1, -0.05) is 6.07 Å². The fraction of sp³-hybridized carbons (Fsp3) is 0. The maximum absolute atomic E-state index is 10.9. The van der Waals surface area contributed by atoms with Crippen LogP contribution in [0.3, 0.4) is 0 Å². The zero-order chi connectivity index (χ0) is 9.84. The van der Waals surface area contributed by atoms with Crippen LogP contribution in [-0.2, 0) is 3.83 Å². The summed E-state index contributed by atoms with van der Waals surface area (Å²) in [7, 11) is 0. The maximum atomic E-state index is 10.9. The van der Waals surface area contributed by atoms with Gasteiger partial charge in [-0.3, -0.25) is 0 Å². The number of halogens is 1. The number of carboxylic acid groups (broad SMARTS) is 1. The monoisotopic (exact) mass is 245 g/mol. The van der Waals surface area contributed by atoms with E-state index < -0.39 is 11.9 Å². The number of carbonyl (C=O) groups excluding carboxylic acids is 1. The number of hydrogen-bond acceptors (Lipinski definition) is 4. The van der Waals surface area contributed by atoms with Crippen LogP contribution in [-0.4, -0.2) is 22.0 Å². The van der Waals surface area contributed by atoms with Crippen molar-refractivity contribution in [3.8, 4) is 0 Å². The van der Waals surface area contributed by atoms with Crippen LogP contribution >= 0.6 is 16.3 Å². The van der Waals surface area contributed by atoms with E-state index in [9.17, 15) is 9.59 Å². The molecule has 1 aromatic rings. The molecule has 0 saturated heterocycles. The van der Waals surface area contributed by atoms with E-state index in [4.69, 9.17) is 5.11 Å². The van der Waals surface area contributed by atoms with Gasteiger partial charge < -0.3 is 8.93 Å². The molecule has 68 valence electrons. The zero-order valence-corrected chi connectivity index (χ0v) is 7.82. The predicted octanol–water partition coefficient (Wildman–Crippen LogP) is 1.25. The molecule has 0 amide bonds. The molecule has 5 nitrogen and oxygen atoms in total. The van der Waals surface area contributed by atoms with Gasteiger partial charge >= 0.3 is 11.9 Å². The standard InChI is InChI=1S/C7H4BrNO4/c8-13-7(12)5-3-1-2-4(9-5)6(10)11/h1-3H,(H,10,11). The summed E-state index contributed by atoms with van der Waals surface area (Å²) in [5, 5.41) is 8.54. The van der Waals surface area contributed by atoms with Crippen molar-refractivity contribution in [3.05, 3.63) is 29.6 Å². The third-order valence-corrected chi connectivity index (χ3v) is 1.54. The average Bonchev–Trinajstić information content (AvgIpc) is 2.17. The number of pyridine rings is 1. The van der Waals surface area contributed by atoms with Crippen LogP contribution in [0.25, 0.3) is 0 Å². The highest BCUT2D eigenvalue weighted by atomic mass is 79.9. The lowest BCUT2D eigenvalue weighted by Crippen LogP contribution is -2.07. The third kappa shape index (κ3) is 2.25. The summed E-state index contributed by atoms with van der Waals surface area (Å²) < 4.78 is 4.19. The number of carboxylic acids is 1. The van der Waals surface area contributed by atoms with E-state index in [-0.39, 0.29) is 11.4 Å². The van der Waals surface area contributed by atoms with E-state index in [2.05, 4.69) is 25.1 Å². The Morgan fingerprint density at radius 2 is 2.00 bits per heavy atom. The highest BCUT2D eigenvalue weighted by Crippen LogP contribution is 2.03. The van der Waals surface area contributed by atoms with Crippen molar-refractivity contribution in [1.82, 2.24) is 4.98 Å². The number of aromatic carboxylic acids is 1. The van der Waals surface area contributed by atoms with Crippen LogP contribution in [0.15, 0.2) is 18.2 Å². The van der Waals surface area contributed by atoms with E-state index in [0.29, 0.717) is 0 Å². The van der Waals surface area contributed by atoms with Crippen molar-refractivity contribution >= 4 is 28.2 Å². The van der Waals surface area contributed by atoms with Gasteiger partial charge in [0.2, 0.25) is 0 Å². The fourth-order valence-corrected chi connectivity index (χ4v) is 0.873. The van der Waals surface area contributed by atoms with Gasteiger partial charge in [0, 0.05) is 0 Å². The Morgan fingerprint density at radius 1 is 1.38 bits per heavy atom. The summed E-state index contributed by atoms with van der Waals surface area (Å²) in [6.45, 7) is 0. The lowest BCUT2D eigenvalue weighted by atomic mass is 10.3. The van der Waals surface area contributed by atoms with Crippen LogP contribution in [0.4, 0.5) is 0 Å². The minimum atomic E-state index is -1.19. The van der Waals surface area contributed by atoms with E-state index >= 15 is 0 Å². The Kier molecular flexibility index (Phi) is 2.97. The van der Waals surface area contributed by atoms with Crippen molar-refractivity contribution in [2.24, 2.45) is 0 Å². The van der Waals surface area contributed by atoms with Gasteiger partial charge in [0.1, 0.15) is 11.4 Å². The molecule has 0 aliphatic heterocycles. The molecule has 0 unspecified atom stereocenters. The summed E-state index contributed by atoms with van der Waals surface area (Å²) >= 11 is 2.48. The Morgan fingerprint density at radius 3 is 2.54 bits per heavy atom. The summed E-state index contributed by atoms with van der Waals surface area (Å²) in [6.07, 6.45) is 0. The number of hydrogen-bond donors (Lipinski definition) is 1. The van der Waals surface area contributed by atoms with Gasteiger partial charge in [0.05, 0.1) is 0 Å². The molecule has 0 aromatic carbocycles. The van der Waals surface area contributed by atoms with Gasteiger partial charge in [-0.15, -0.1) is 0 Å². The van der Waals surface area contributed by atoms with Crippen LogP contribution in [0.1, 0.15) is 21.0 Å². The fourth-order valence-electron chi connectivity index (χ4n) is 0.707. The molecule has 0 bridgehead atoms. The molecule has 0 saturated carbocycles. The molecule has 0 radical (unpaired) electrons. The van der Waals surface area contributed by atoms with E-state index in [1.165, 1.54) is 18.2 Å². The molecule has 1 rings (SSSR count). The summed E-state index contributed by atoms with van der Waals surface area (Å²) in [5.74, 6) is -1.92. The van der Waals surface area contributed by atoms with Crippen molar-refractivity contribution in [2.45, 2.75) is 0 Å². The summed E-state index contributed by atoms with van der Waals surface area (Å²) in [4.78, 5) is 24.8. The Hall–Kier alpha value is -1.43. The molecular weight excluding hydrogens is 242 g/mol. The molecule has 0 spiro atoms. The first-order valence-electron chi connectivity index (χ1n) is 3.18. The smallest absolute Gasteiger partial charge is 0.368 e. The first-order valence-corrected chi connectivity index (χ1v) is 3.83. The molecule has 0 aliphatic rings. The van der Waals surface area contributed by atoms with Crippen molar-refractivity contribution < 1.29 is 18.5 Å². The van der Waals surface area contributed by atoms with E-state index in [1.807, 2.05) is 0 Å². The van der Waals surface area contributed by atoms with Gasteiger partial charge in [0.25, 0.3) is 0 Å². The first-order chi connectivity index (χ1) is 6.15. The lowest BCUT2D eigenvalue weighted by molar-refractivity contribution is 0.0690. The summed E-state index contributed by atoms with van der Waals surface area (Å²) in [6, 6.07) is 4.05. The molecule has 0 aliphatic carbocycles. The van der Waals surface area contributed by atoms with Crippen LogP contribution < -0.4 is 0 Å². The Bertz CT molecular complexity index is 352. The zero-order valence-electron chi connectivity index (χ0n) is 6.23. The molecule has 1 aromatic heterocycles. The number of aromatic nitrogens is 1. The first kappa shape index (κ1) is 9.66. The van der Waals surface area contributed by atoms with Gasteiger partial charge in [-0.25, -0.2) is 14.6 Å². The predicted molar refractivity (Wildman–Crippen MR) is 45.5 cm³/mol. The number of nitrogens with zero attached hydrogens (tertiary/aromatic N) is 1. The number of carbonyl (C=O) groups is 2. The van der Waals surface area contributed by atoms with E-state index in [0.717, 1.165) is 0 Å². The van der Waals surface area contributed by atoms with Crippen LogP contribution in [0.2, 0.25) is 0 Å². The largest absolute Gasteiger partial charge is 0.477 e. The van der Waals surface area contributed by atoms with Gasteiger partial charge in [-0.05, 0) is 12.1 Å². The van der Waals surface area contributed by atoms with Gasteiger partial charge in [-0.2, -0.15) is 0 Å². The van der Waals surface area contributed by atoms with Crippen molar-refractivity contribution in [1.29, 1.82) is 0 Å². The quantitative estimate of drug-likeness (QED) is 0.849. The molecule has 13 heavy (non-hydrogen) atoms. The van der Waals surface area contributed by atoms with E-state index in [1.54, 1.807) is 0 Å². The lowest BCUT2D eigenvalue weighted by Gasteiger charge is -1.96. The SMILES string of the molecule is O=C(O)c1cccc(C(=O)OBr)n1. The average molecular weight is 246 g/mol. The molecule has 1 heterocycles. The molecular formula is C7H4BrNO4. The molecule has 0 fully saturated rings. The summed E-state index contributed by atoms with van der Waals surface area (Å²) in [5.41, 5.74) is -0.257. The van der Waals surface area contributed by atoms with Crippen molar-refractivity contribution in [2.75, 3.05) is 0 Å². The highest BCUT2D eigenvalue weighted by molar-refractivity contribution is 9.06. The Balaban J connectivity index is 3.05. The van der Waals surface area contributed by atoms with Crippen LogP contribution in [0, 0.1) is 0 Å². The van der Waals surface area contributed by atoms with Gasteiger partial charge in [0.15, 0.2) is 16.3 Å². The maximum Gasteiger partial charge on any atom is 0.368 e. The minimum absolute atomic E-state index is 0.0585. The van der Waals surface area contributed by atoms with Crippen LogP contribution in [0.5, 0.6) is 0 Å². The molecule has 6 heteroatoms. The minimum Gasteiger partial charge on any atom is -0.477 e. The second kappa shape index (κ2) is 3.99.